The molecule has 1 aromatic carbocycles. The summed E-state index contributed by atoms with van der Waals surface area (Å²) in [5, 5.41) is 12.2. The van der Waals surface area contributed by atoms with Crippen molar-refractivity contribution in [2.45, 2.75) is 26.1 Å². The van der Waals surface area contributed by atoms with Gasteiger partial charge in [-0.3, -0.25) is 0 Å². The van der Waals surface area contributed by atoms with E-state index in [0.29, 0.717) is 10.2 Å². The highest BCUT2D eigenvalue weighted by Gasteiger charge is 2.30. The van der Waals surface area contributed by atoms with E-state index in [1.54, 1.807) is 0 Å². The summed E-state index contributed by atoms with van der Waals surface area (Å²) < 4.78 is 37.8. The van der Waals surface area contributed by atoms with Gasteiger partial charge in [-0.2, -0.15) is 13.2 Å². The van der Waals surface area contributed by atoms with Crippen molar-refractivity contribution in [3.05, 3.63) is 28.2 Å². The maximum Gasteiger partial charge on any atom is 0.416 e. The van der Waals surface area contributed by atoms with Gasteiger partial charge < -0.3 is 10.4 Å². The van der Waals surface area contributed by atoms with Gasteiger partial charge in [0.05, 0.1) is 18.2 Å². The van der Waals surface area contributed by atoms with Gasteiger partial charge in [0, 0.05) is 10.2 Å². The first-order chi connectivity index (χ1) is 8.25. The number of aliphatic hydroxyl groups is 1. The van der Waals surface area contributed by atoms with Crippen molar-refractivity contribution in [3.8, 4) is 0 Å². The molecule has 0 fully saturated rings. The van der Waals surface area contributed by atoms with Crippen LogP contribution in [0.5, 0.6) is 0 Å². The third kappa shape index (κ3) is 3.88. The molecule has 6 heteroatoms. The highest BCUT2D eigenvalue weighted by Crippen LogP contribution is 2.34. The third-order valence-electron chi connectivity index (χ3n) is 2.64. The largest absolute Gasteiger partial charge is 0.416 e. The highest BCUT2D eigenvalue weighted by molar-refractivity contribution is 9.10. The summed E-state index contributed by atoms with van der Waals surface area (Å²) in [6.45, 7) is 3.77. The fourth-order valence-electron chi connectivity index (χ4n) is 1.43. The van der Waals surface area contributed by atoms with Crippen molar-refractivity contribution in [1.82, 2.24) is 0 Å². The predicted octanol–water partition coefficient (Wildman–Crippen LogP) is 3.90. The van der Waals surface area contributed by atoms with E-state index >= 15 is 0 Å². The molecule has 0 aliphatic carbocycles. The normalized spacial score (nSPS) is 13.8. The zero-order chi connectivity index (χ0) is 13.9. The Morgan fingerprint density at radius 2 is 1.94 bits per heavy atom. The van der Waals surface area contributed by atoms with Crippen LogP contribution in [-0.4, -0.2) is 17.8 Å². The molecule has 0 aromatic heterocycles. The summed E-state index contributed by atoms with van der Waals surface area (Å²) in [5.74, 6) is 0.171. The summed E-state index contributed by atoms with van der Waals surface area (Å²) in [6, 6.07) is 3.20. The molecule has 1 rings (SSSR count). The number of aliphatic hydroxyl groups excluding tert-OH is 1. The molecule has 102 valence electrons. The van der Waals surface area contributed by atoms with Gasteiger partial charge >= 0.3 is 6.18 Å². The van der Waals surface area contributed by atoms with E-state index < -0.39 is 11.7 Å². The molecule has 0 spiro atoms. The predicted molar refractivity (Wildman–Crippen MR) is 68.5 cm³/mol. The molecule has 1 atom stereocenters. The quantitative estimate of drug-likeness (QED) is 0.880. The lowest BCUT2D eigenvalue weighted by molar-refractivity contribution is -0.137. The third-order valence-corrected chi connectivity index (χ3v) is 3.29. The van der Waals surface area contributed by atoms with Gasteiger partial charge in [-0.25, -0.2) is 0 Å². The van der Waals surface area contributed by atoms with E-state index in [0.717, 1.165) is 12.1 Å². The number of nitrogens with one attached hydrogen (secondary N) is 1. The van der Waals surface area contributed by atoms with Gasteiger partial charge in [0.15, 0.2) is 0 Å². The maximum absolute atomic E-state index is 12.5. The molecule has 1 aromatic rings. The highest BCUT2D eigenvalue weighted by atomic mass is 79.9. The molecular formula is C12H15BrF3NO. The van der Waals surface area contributed by atoms with E-state index in [4.69, 9.17) is 0 Å². The van der Waals surface area contributed by atoms with Crippen LogP contribution in [-0.2, 0) is 6.18 Å². The van der Waals surface area contributed by atoms with Crippen molar-refractivity contribution in [1.29, 1.82) is 0 Å². The topological polar surface area (TPSA) is 32.3 Å². The molecule has 0 amide bonds. The minimum absolute atomic E-state index is 0.0782. The monoisotopic (exact) mass is 325 g/mol. The Labute approximate surface area is 112 Å². The second-order valence-electron chi connectivity index (χ2n) is 4.37. The van der Waals surface area contributed by atoms with Gasteiger partial charge in [0.25, 0.3) is 0 Å². The van der Waals surface area contributed by atoms with Crippen LogP contribution in [0.2, 0.25) is 0 Å². The molecule has 0 saturated carbocycles. The van der Waals surface area contributed by atoms with E-state index in [9.17, 15) is 18.3 Å². The molecule has 0 aliphatic rings. The lowest BCUT2D eigenvalue weighted by Crippen LogP contribution is -2.29. The van der Waals surface area contributed by atoms with Crippen LogP contribution in [0.4, 0.5) is 18.9 Å². The minimum atomic E-state index is -4.35. The van der Waals surface area contributed by atoms with Crippen LogP contribution in [0.15, 0.2) is 22.7 Å². The summed E-state index contributed by atoms with van der Waals surface area (Å²) in [4.78, 5) is 0. The second-order valence-corrected chi connectivity index (χ2v) is 5.22. The number of benzene rings is 1. The van der Waals surface area contributed by atoms with Crippen molar-refractivity contribution >= 4 is 21.6 Å². The van der Waals surface area contributed by atoms with Crippen molar-refractivity contribution in [2.75, 3.05) is 11.9 Å². The maximum atomic E-state index is 12.5. The average molecular weight is 326 g/mol. The molecule has 18 heavy (non-hydrogen) atoms. The zero-order valence-electron chi connectivity index (χ0n) is 10.1. The second kappa shape index (κ2) is 5.93. The average Bonchev–Trinajstić information content (AvgIpc) is 2.25. The van der Waals surface area contributed by atoms with E-state index in [1.807, 2.05) is 13.8 Å². The first-order valence-corrected chi connectivity index (χ1v) is 6.29. The Morgan fingerprint density at radius 1 is 1.33 bits per heavy atom. The van der Waals surface area contributed by atoms with Gasteiger partial charge in [0.2, 0.25) is 0 Å². The van der Waals surface area contributed by atoms with Crippen LogP contribution in [0.1, 0.15) is 19.4 Å². The van der Waals surface area contributed by atoms with E-state index in [2.05, 4.69) is 21.2 Å². The lowest BCUT2D eigenvalue weighted by atomic mass is 10.0. The van der Waals surface area contributed by atoms with Crippen molar-refractivity contribution < 1.29 is 18.3 Å². The molecule has 0 heterocycles. The number of halogens is 4. The van der Waals surface area contributed by atoms with E-state index in [-0.39, 0.29) is 18.6 Å². The molecule has 0 aliphatic heterocycles. The standard InChI is InChI=1S/C12H15BrF3NO/c1-7(2)11(6-18)17-10-4-3-8(5-9(10)13)12(14,15)16/h3-5,7,11,17-18H,6H2,1-2H3/t11-/m1/s1. The Balaban J connectivity index is 2.93. The van der Waals surface area contributed by atoms with Gasteiger partial charge in [-0.15, -0.1) is 0 Å². The smallest absolute Gasteiger partial charge is 0.394 e. The first-order valence-electron chi connectivity index (χ1n) is 5.50. The van der Waals surface area contributed by atoms with Crippen LogP contribution in [0.3, 0.4) is 0 Å². The van der Waals surface area contributed by atoms with Crippen molar-refractivity contribution in [2.24, 2.45) is 5.92 Å². The Hall–Kier alpha value is -0.750. The van der Waals surface area contributed by atoms with Gasteiger partial charge in [-0.05, 0) is 40.0 Å². The number of alkyl halides is 3. The van der Waals surface area contributed by atoms with Gasteiger partial charge in [-0.1, -0.05) is 13.8 Å². The number of hydrogen-bond acceptors (Lipinski definition) is 2. The number of anilines is 1. The van der Waals surface area contributed by atoms with Crippen LogP contribution < -0.4 is 5.32 Å². The van der Waals surface area contributed by atoms with Gasteiger partial charge in [0.1, 0.15) is 0 Å². The Morgan fingerprint density at radius 3 is 2.33 bits per heavy atom. The number of rotatable bonds is 4. The lowest BCUT2D eigenvalue weighted by Gasteiger charge is -2.22. The van der Waals surface area contributed by atoms with Crippen LogP contribution >= 0.6 is 15.9 Å². The zero-order valence-corrected chi connectivity index (χ0v) is 11.6. The Bertz CT molecular complexity index is 407. The molecule has 2 nitrogen and oxygen atoms in total. The van der Waals surface area contributed by atoms with Crippen molar-refractivity contribution in [3.63, 3.8) is 0 Å². The summed E-state index contributed by atoms with van der Waals surface area (Å²) in [5.41, 5.74) is -0.166. The molecule has 0 saturated heterocycles. The molecule has 0 radical (unpaired) electrons. The molecule has 0 unspecified atom stereocenters. The molecule has 2 N–H and O–H groups in total. The fourth-order valence-corrected chi connectivity index (χ4v) is 1.92. The molecular weight excluding hydrogens is 311 g/mol. The first kappa shape index (κ1) is 15.3. The fraction of sp³-hybridized carbons (Fsp3) is 0.500. The summed E-state index contributed by atoms with van der Waals surface area (Å²) in [7, 11) is 0. The van der Waals surface area contributed by atoms with Crippen LogP contribution in [0.25, 0.3) is 0 Å². The summed E-state index contributed by atoms with van der Waals surface area (Å²) in [6.07, 6.45) is -4.35. The van der Waals surface area contributed by atoms with Crippen LogP contribution in [0, 0.1) is 5.92 Å². The Kier molecular flexibility index (Phi) is 5.04. The number of hydrogen-bond donors (Lipinski definition) is 2. The minimum Gasteiger partial charge on any atom is -0.394 e. The molecule has 0 bridgehead atoms. The van der Waals surface area contributed by atoms with E-state index in [1.165, 1.54) is 6.07 Å². The SMILES string of the molecule is CC(C)[C@@H](CO)Nc1ccc(C(F)(F)F)cc1Br. The summed E-state index contributed by atoms with van der Waals surface area (Å²) >= 11 is 3.10.